The Morgan fingerprint density at radius 2 is 1.92 bits per heavy atom. The first-order valence-electron chi connectivity index (χ1n) is 7.47. The van der Waals surface area contributed by atoms with Crippen LogP contribution in [0.3, 0.4) is 0 Å². The van der Waals surface area contributed by atoms with Crippen LogP contribution in [0.1, 0.15) is 13.3 Å². The molecule has 0 aromatic heterocycles. The Hall–Kier alpha value is -2.53. The molecule has 0 aliphatic carbocycles. The molecule has 24 heavy (non-hydrogen) atoms. The number of benzene rings is 2. The van der Waals surface area contributed by atoms with Crippen LogP contribution in [0.25, 0.3) is 0 Å². The smallest absolute Gasteiger partial charge is 0.226 e. The monoisotopic (exact) mass is 346 g/mol. The van der Waals surface area contributed by atoms with Gasteiger partial charge in [-0.05, 0) is 30.3 Å². The Morgan fingerprint density at radius 3 is 2.58 bits per heavy atom. The van der Waals surface area contributed by atoms with E-state index in [1.54, 1.807) is 55.6 Å². The first-order valence-corrected chi connectivity index (χ1v) is 7.85. The lowest BCUT2D eigenvalue weighted by Crippen LogP contribution is -2.31. The number of ether oxygens (including phenoxy) is 1. The highest BCUT2D eigenvalue weighted by Crippen LogP contribution is 2.20. The number of nitrogens with one attached hydrogen (secondary N) is 1. The van der Waals surface area contributed by atoms with Crippen LogP contribution in [0.2, 0.25) is 5.02 Å². The minimum absolute atomic E-state index is 0.147. The molecule has 0 radical (unpaired) electrons. The predicted molar refractivity (Wildman–Crippen MR) is 95.7 cm³/mol. The molecule has 2 rings (SSSR count). The van der Waals surface area contributed by atoms with Gasteiger partial charge in [0.05, 0.1) is 7.11 Å². The van der Waals surface area contributed by atoms with Crippen molar-refractivity contribution in [3.05, 3.63) is 53.6 Å². The van der Waals surface area contributed by atoms with E-state index in [0.717, 1.165) is 0 Å². The number of methoxy groups -OCH3 is 1. The van der Waals surface area contributed by atoms with E-state index in [-0.39, 0.29) is 24.8 Å². The Bertz CT molecular complexity index is 734. The fraction of sp³-hybridized carbons (Fsp3) is 0.222. The van der Waals surface area contributed by atoms with Crippen molar-refractivity contribution < 1.29 is 14.3 Å². The number of hydrogen-bond donors (Lipinski definition) is 1. The van der Waals surface area contributed by atoms with Crippen molar-refractivity contribution in [2.75, 3.05) is 23.9 Å². The molecule has 0 saturated heterocycles. The van der Waals surface area contributed by atoms with E-state index in [1.165, 1.54) is 11.8 Å². The molecular formula is C18H19ClN2O3. The maximum absolute atomic E-state index is 12.1. The predicted octanol–water partition coefficient (Wildman–Crippen LogP) is 3.73. The lowest BCUT2D eigenvalue weighted by molar-refractivity contribution is -0.117. The molecule has 0 atom stereocenters. The minimum atomic E-state index is -0.184. The van der Waals surface area contributed by atoms with Gasteiger partial charge in [-0.2, -0.15) is 0 Å². The third-order valence-electron chi connectivity index (χ3n) is 3.42. The molecule has 126 valence electrons. The van der Waals surface area contributed by atoms with E-state index in [4.69, 9.17) is 16.3 Å². The summed E-state index contributed by atoms with van der Waals surface area (Å²) in [5.74, 6) is 0.333. The van der Waals surface area contributed by atoms with Crippen LogP contribution in [0.15, 0.2) is 48.5 Å². The largest absolute Gasteiger partial charge is 0.497 e. The summed E-state index contributed by atoms with van der Waals surface area (Å²) < 4.78 is 5.12. The Balaban J connectivity index is 1.98. The number of carbonyl (C=O) groups is 2. The normalized spacial score (nSPS) is 10.1. The van der Waals surface area contributed by atoms with Gasteiger partial charge in [-0.3, -0.25) is 9.59 Å². The summed E-state index contributed by atoms with van der Waals surface area (Å²) in [6.45, 7) is 1.73. The van der Waals surface area contributed by atoms with Gasteiger partial charge < -0.3 is 15.0 Å². The van der Waals surface area contributed by atoms with E-state index >= 15 is 0 Å². The van der Waals surface area contributed by atoms with E-state index < -0.39 is 0 Å². The van der Waals surface area contributed by atoms with Gasteiger partial charge in [0.2, 0.25) is 11.8 Å². The zero-order chi connectivity index (χ0) is 17.5. The van der Waals surface area contributed by atoms with Crippen molar-refractivity contribution >= 4 is 34.8 Å². The molecule has 0 heterocycles. The highest BCUT2D eigenvalue weighted by atomic mass is 35.5. The average Bonchev–Trinajstić information content (AvgIpc) is 2.55. The summed E-state index contributed by atoms with van der Waals surface area (Å²) in [7, 11) is 1.57. The molecule has 6 heteroatoms. The lowest BCUT2D eigenvalue weighted by atomic mass is 10.2. The number of halogens is 1. The summed E-state index contributed by atoms with van der Waals surface area (Å²) in [6.07, 6.45) is 0.170. The second kappa shape index (κ2) is 8.36. The Labute approximate surface area is 146 Å². The maximum Gasteiger partial charge on any atom is 0.226 e. The number of hydrogen-bond acceptors (Lipinski definition) is 3. The molecule has 2 amide bonds. The number of amides is 2. The van der Waals surface area contributed by atoms with Crippen molar-refractivity contribution in [3.63, 3.8) is 0 Å². The summed E-state index contributed by atoms with van der Waals surface area (Å²) in [6, 6.07) is 14.1. The summed E-state index contributed by atoms with van der Waals surface area (Å²) in [5.41, 5.74) is 1.32. The van der Waals surface area contributed by atoms with Crippen LogP contribution in [-0.4, -0.2) is 25.5 Å². The molecule has 2 aromatic carbocycles. The summed E-state index contributed by atoms with van der Waals surface area (Å²) in [5, 5.41) is 3.33. The first-order chi connectivity index (χ1) is 11.5. The van der Waals surface area contributed by atoms with E-state index in [9.17, 15) is 9.59 Å². The first kappa shape index (κ1) is 17.8. The number of carbonyl (C=O) groups excluding carboxylic acids is 2. The molecule has 0 saturated carbocycles. The zero-order valence-corrected chi connectivity index (χ0v) is 14.3. The highest BCUT2D eigenvalue weighted by molar-refractivity contribution is 6.30. The molecule has 1 N–H and O–H groups in total. The summed E-state index contributed by atoms with van der Waals surface area (Å²) >= 11 is 5.96. The fourth-order valence-corrected chi connectivity index (χ4v) is 2.43. The molecule has 2 aromatic rings. The fourth-order valence-electron chi connectivity index (χ4n) is 2.25. The SMILES string of the molecule is COc1cccc(NC(=O)CCN(C(C)=O)c2cccc(Cl)c2)c1. The van der Waals surface area contributed by atoms with Crippen LogP contribution in [0.4, 0.5) is 11.4 Å². The number of rotatable bonds is 6. The van der Waals surface area contributed by atoms with E-state index in [2.05, 4.69) is 5.32 Å². The topological polar surface area (TPSA) is 58.6 Å². The van der Waals surface area contributed by atoms with Gasteiger partial charge in [0.25, 0.3) is 0 Å². The Morgan fingerprint density at radius 1 is 1.17 bits per heavy atom. The molecule has 0 aliphatic rings. The van der Waals surface area contributed by atoms with Crippen LogP contribution in [0.5, 0.6) is 5.75 Å². The third kappa shape index (κ3) is 4.99. The van der Waals surface area contributed by atoms with E-state index in [1.807, 2.05) is 0 Å². The van der Waals surface area contributed by atoms with Crippen LogP contribution < -0.4 is 15.0 Å². The van der Waals surface area contributed by atoms with Gasteiger partial charge in [-0.1, -0.05) is 23.7 Å². The average molecular weight is 347 g/mol. The molecule has 0 spiro atoms. The van der Waals surface area contributed by atoms with Gasteiger partial charge in [0.1, 0.15) is 5.75 Å². The number of nitrogens with zero attached hydrogens (tertiary/aromatic N) is 1. The van der Waals surface area contributed by atoms with Crippen molar-refractivity contribution in [2.24, 2.45) is 0 Å². The second-order valence-electron chi connectivity index (χ2n) is 5.18. The van der Waals surface area contributed by atoms with Crippen molar-refractivity contribution in [3.8, 4) is 5.75 Å². The molecule has 0 unspecified atom stereocenters. The van der Waals surface area contributed by atoms with Crippen LogP contribution >= 0.6 is 11.6 Å². The van der Waals surface area contributed by atoms with Crippen molar-refractivity contribution in [1.29, 1.82) is 0 Å². The standard InChI is InChI=1S/C18H19ClN2O3/c1-13(22)21(16-7-3-5-14(19)11-16)10-9-18(23)20-15-6-4-8-17(12-15)24-2/h3-8,11-12H,9-10H2,1-2H3,(H,20,23). The summed E-state index contributed by atoms with van der Waals surface area (Å²) in [4.78, 5) is 25.5. The van der Waals surface area contributed by atoms with Crippen LogP contribution in [0, 0.1) is 0 Å². The minimum Gasteiger partial charge on any atom is -0.497 e. The van der Waals surface area contributed by atoms with Crippen LogP contribution in [-0.2, 0) is 9.59 Å². The van der Waals surface area contributed by atoms with Gasteiger partial charge in [-0.15, -0.1) is 0 Å². The van der Waals surface area contributed by atoms with Crippen molar-refractivity contribution in [2.45, 2.75) is 13.3 Å². The van der Waals surface area contributed by atoms with Gasteiger partial charge in [-0.25, -0.2) is 0 Å². The zero-order valence-electron chi connectivity index (χ0n) is 13.6. The Kier molecular flexibility index (Phi) is 6.21. The van der Waals surface area contributed by atoms with E-state index in [0.29, 0.717) is 22.1 Å². The molecule has 0 fully saturated rings. The molecular weight excluding hydrogens is 328 g/mol. The number of anilines is 2. The molecule has 0 aliphatic heterocycles. The third-order valence-corrected chi connectivity index (χ3v) is 3.65. The van der Waals surface area contributed by atoms with Gasteiger partial charge in [0, 0.05) is 42.4 Å². The highest BCUT2D eigenvalue weighted by Gasteiger charge is 2.14. The van der Waals surface area contributed by atoms with Gasteiger partial charge in [0.15, 0.2) is 0 Å². The van der Waals surface area contributed by atoms with Crippen molar-refractivity contribution in [1.82, 2.24) is 0 Å². The van der Waals surface area contributed by atoms with Gasteiger partial charge >= 0.3 is 0 Å². The lowest BCUT2D eigenvalue weighted by Gasteiger charge is -2.21. The second-order valence-corrected chi connectivity index (χ2v) is 5.62. The maximum atomic E-state index is 12.1. The quantitative estimate of drug-likeness (QED) is 0.867. The molecule has 0 bridgehead atoms. The molecule has 5 nitrogen and oxygen atoms in total.